The summed E-state index contributed by atoms with van der Waals surface area (Å²) in [5, 5.41) is 9.13. The molecule has 0 radical (unpaired) electrons. The molecule has 0 aliphatic rings. The van der Waals surface area contributed by atoms with Crippen LogP contribution in [0.15, 0.2) is 0 Å². The van der Waals surface area contributed by atoms with Gasteiger partial charge >= 0.3 is 5.97 Å². The third kappa shape index (κ3) is 6.05. The van der Waals surface area contributed by atoms with Crippen molar-refractivity contribution in [1.29, 1.82) is 0 Å². The second kappa shape index (κ2) is 8.50. The van der Waals surface area contributed by atoms with Crippen LogP contribution in [0.1, 0.15) is 13.3 Å². The lowest BCUT2D eigenvalue weighted by Gasteiger charge is -2.29. The Bertz CT molecular complexity index is 198. The molecule has 0 rings (SSSR count). The van der Waals surface area contributed by atoms with Gasteiger partial charge in [0.1, 0.15) is 6.04 Å². The fourth-order valence-corrected chi connectivity index (χ4v) is 1.53. The zero-order valence-electron chi connectivity index (χ0n) is 10.8. The van der Waals surface area contributed by atoms with Gasteiger partial charge in [0.25, 0.3) is 0 Å². The normalized spacial score (nSPS) is 13.4. The van der Waals surface area contributed by atoms with E-state index in [2.05, 4.69) is 0 Å². The Hall–Kier alpha value is -0.650. The molecule has 0 bridgehead atoms. The van der Waals surface area contributed by atoms with Crippen LogP contribution < -0.4 is 0 Å². The average Bonchev–Trinajstić information content (AvgIpc) is 2.20. The number of hydrogen-bond acceptors (Lipinski definition) is 4. The summed E-state index contributed by atoms with van der Waals surface area (Å²) in [5.41, 5.74) is 0. The third-order valence-corrected chi connectivity index (χ3v) is 2.40. The van der Waals surface area contributed by atoms with Gasteiger partial charge in [-0.05, 0) is 27.1 Å². The van der Waals surface area contributed by atoms with Crippen LogP contribution >= 0.6 is 0 Å². The van der Waals surface area contributed by atoms with Crippen molar-refractivity contribution in [1.82, 2.24) is 9.80 Å². The molecule has 0 aromatic rings. The molecular formula is C11H24N2O3. The minimum Gasteiger partial charge on any atom is -0.480 e. The van der Waals surface area contributed by atoms with Crippen LogP contribution in [-0.4, -0.2) is 74.4 Å². The number of carboxylic acids is 1. The number of aliphatic carboxylic acids is 1. The first-order valence-corrected chi connectivity index (χ1v) is 5.63. The van der Waals surface area contributed by atoms with Gasteiger partial charge in [0.2, 0.25) is 0 Å². The van der Waals surface area contributed by atoms with E-state index in [-0.39, 0.29) is 6.61 Å². The molecule has 0 saturated heterocycles. The van der Waals surface area contributed by atoms with Crippen LogP contribution in [-0.2, 0) is 9.53 Å². The highest BCUT2D eigenvalue weighted by atomic mass is 16.5. The fourth-order valence-electron chi connectivity index (χ4n) is 1.53. The van der Waals surface area contributed by atoms with Gasteiger partial charge in [0.15, 0.2) is 0 Å². The largest absolute Gasteiger partial charge is 0.480 e. The molecule has 0 heterocycles. The molecule has 16 heavy (non-hydrogen) atoms. The van der Waals surface area contributed by atoms with E-state index in [0.29, 0.717) is 0 Å². The highest BCUT2D eigenvalue weighted by molar-refractivity contribution is 5.73. The average molecular weight is 232 g/mol. The van der Waals surface area contributed by atoms with Crippen molar-refractivity contribution >= 4 is 5.97 Å². The zero-order chi connectivity index (χ0) is 12.6. The van der Waals surface area contributed by atoms with E-state index in [1.54, 1.807) is 0 Å². The molecule has 1 unspecified atom stereocenters. The minimum atomic E-state index is -0.811. The molecule has 96 valence electrons. The van der Waals surface area contributed by atoms with Gasteiger partial charge in [-0.3, -0.25) is 9.69 Å². The Morgan fingerprint density at radius 2 is 1.94 bits per heavy atom. The number of ether oxygens (including phenoxy) is 1. The predicted molar refractivity (Wildman–Crippen MR) is 63.7 cm³/mol. The van der Waals surface area contributed by atoms with Gasteiger partial charge < -0.3 is 14.7 Å². The van der Waals surface area contributed by atoms with Crippen LogP contribution in [0, 0.1) is 0 Å². The maximum atomic E-state index is 11.1. The van der Waals surface area contributed by atoms with E-state index in [1.165, 1.54) is 7.11 Å². The zero-order valence-corrected chi connectivity index (χ0v) is 10.8. The molecular weight excluding hydrogens is 208 g/mol. The Morgan fingerprint density at radius 1 is 1.31 bits per heavy atom. The first kappa shape index (κ1) is 15.3. The third-order valence-electron chi connectivity index (χ3n) is 2.40. The van der Waals surface area contributed by atoms with E-state index in [4.69, 9.17) is 9.84 Å². The molecule has 0 spiro atoms. The Morgan fingerprint density at radius 3 is 2.31 bits per heavy atom. The minimum absolute atomic E-state index is 0.239. The van der Waals surface area contributed by atoms with Crippen molar-refractivity contribution in [2.24, 2.45) is 0 Å². The first-order valence-electron chi connectivity index (χ1n) is 5.63. The highest BCUT2D eigenvalue weighted by Crippen LogP contribution is 2.02. The number of carboxylic acid groups (broad SMARTS) is 1. The summed E-state index contributed by atoms with van der Waals surface area (Å²) in [6, 6.07) is -0.537. The maximum Gasteiger partial charge on any atom is 0.323 e. The van der Waals surface area contributed by atoms with Crippen LogP contribution in [0.5, 0.6) is 0 Å². The number of methoxy groups -OCH3 is 1. The van der Waals surface area contributed by atoms with Crippen molar-refractivity contribution in [2.45, 2.75) is 19.4 Å². The summed E-state index contributed by atoms with van der Waals surface area (Å²) >= 11 is 0. The maximum absolute atomic E-state index is 11.1. The molecule has 1 N–H and O–H groups in total. The van der Waals surface area contributed by atoms with Crippen LogP contribution in [0.4, 0.5) is 0 Å². The van der Waals surface area contributed by atoms with E-state index >= 15 is 0 Å². The lowest BCUT2D eigenvalue weighted by Crippen LogP contribution is -2.47. The van der Waals surface area contributed by atoms with Crippen molar-refractivity contribution in [2.75, 3.05) is 47.4 Å². The van der Waals surface area contributed by atoms with Crippen LogP contribution in [0.3, 0.4) is 0 Å². The van der Waals surface area contributed by atoms with Gasteiger partial charge in [-0.2, -0.15) is 0 Å². The summed E-state index contributed by atoms with van der Waals surface area (Å²) in [4.78, 5) is 15.1. The molecule has 0 saturated carbocycles. The topological polar surface area (TPSA) is 53.0 Å². The quantitative estimate of drug-likeness (QED) is 0.622. The van der Waals surface area contributed by atoms with Gasteiger partial charge in [-0.1, -0.05) is 6.92 Å². The fraction of sp³-hybridized carbons (Fsp3) is 0.909. The second-order valence-corrected chi connectivity index (χ2v) is 4.15. The summed E-state index contributed by atoms with van der Waals surface area (Å²) in [5.74, 6) is -0.811. The number of likely N-dealkylation sites (N-methyl/N-ethyl adjacent to an activating group) is 1. The molecule has 0 aromatic carbocycles. The predicted octanol–water partition coefficient (Wildman–Crippen LogP) is 0.360. The number of rotatable bonds is 9. The lowest BCUT2D eigenvalue weighted by atomic mass is 10.2. The molecule has 1 atom stereocenters. The van der Waals surface area contributed by atoms with Crippen molar-refractivity contribution in [3.63, 3.8) is 0 Å². The molecule has 0 amide bonds. The summed E-state index contributed by atoms with van der Waals surface area (Å²) in [6.45, 7) is 4.68. The van der Waals surface area contributed by atoms with Gasteiger partial charge in [-0.15, -0.1) is 0 Å². The molecule has 5 nitrogen and oxygen atoms in total. The van der Waals surface area contributed by atoms with Crippen molar-refractivity contribution in [3.8, 4) is 0 Å². The van der Waals surface area contributed by atoms with Crippen molar-refractivity contribution in [3.05, 3.63) is 0 Å². The van der Waals surface area contributed by atoms with E-state index < -0.39 is 12.0 Å². The Balaban J connectivity index is 4.37. The summed E-state index contributed by atoms with van der Waals surface area (Å²) < 4.78 is 4.96. The molecule has 0 aromatic heterocycles. The monoisotopic (exact) mass is 232 g/mol. The Labute approximate surface area is 98.0 Å². The number of carbonyl (C=O) groups is 1. The molecule has 0 aliphatic carbocycles. The number of nitrogens with zero attached hydrogens (tertiary/aromatic N) is 2. The molecule has 5 heteroatoms. The highest BCUT2D eigenvalue weighted by Gasteiger charge is 2.24. The Kier molecular flexibility index (Phi) is 8.15. The molecule has 0 fully saturated rings. The SMILES string of the molecule is CCCN(CCN(C)C)C(COC)C(=O)O. The van der Waals surface area contributed by atoms with Crippen LogP contribution in [0.25, 0.3) is 0 Å². The number of hydrogen-bond donors (Lipinski definition) is 1. The van der Waals surface area contributed by atoms with Crippen molar-refractivity contribution < 1.29 is 14.6 Å². The second-order valence-electron chi connectivity index (χ2n) is 4.15. The first-order chi connectivity index (χ1) is 7.52. The smallest absolute Gasteiger partial charge is 0.323 e. The molecule has 0 aliphatic heterocycles. The van der Waals surface area contributed by atoms with Gasteiger partial charge in [0.05, 0.1) is 6.61 Å². The van der Waals surface area contributed by atoms with Gasteiger partial charge in [-0.25, -0.2) is 0 Å². The van der Waals surface area contributed by atoms with Gasteiger partial charge in [0, 0.05) is 20.2 Å². The summed E-state index contributed by atoms with van der Waals surface area (Å²) in [6.07, 6.45) is 0.945. The standard InChI is InChI=1S/C11H24N2O3/c1-5-6-13(8-7-12(2)3)10(9-16-4)11(14)15/h10H,5-9H2,1-4H3,(H,14,15). The van der Waals surface area contributed by atoms with E-state index in [9.17, 15) is 4.79 Å². The van der Waals surface area contributed by atoms with Crippen LogP contribution in [0.2, 0.25) is 0 Å². The summed E-state index contributed by atoms with van der Waals surface area (Å²) in [7, 11) is 5.50. The lowest BCUT2D eigenvalue weighted by molar-refractivity contribution is -0.145. The van der Waals surface area contributed by atoms with E-state index in [0.717, 1.165) is 26.1 Å². The van der Waals surface area contributed by atoms with E-state index in [1.807, 2.05) is 30.8 Å².